The molecular weight excluding hydrogens is 280 g/mol. The molecule has 3 heterocycles. The summed E-state index contributed by atoms with van der Waals surface area (Å²) in [6, 6.07) is 9.61. The number of aromatic nitrogens is 1. The molecule has 0 N–H and O–H groups in total. The van der Waals surface area contributed by atoms with Gasteiger partial charge in [0.05, 0.1) is 6.04 Å². The monoisotopic (exact) mass is 298 g/mol. The lowest BCUT2D eigenvalue weighted by molar-refractivity contribution is 0.0643. The van der Waals surface area contributed by atoms with Gasteiger partial charge in [0.1, 0.15) is 13.2 Å². The summed E-state index contributed by atoms with van der Waals surface area (Å²) in [6.07, 6.45) is 2.07. The fourth-order valence-corrected chi connectivity index (χ4v) is 3.20. The number of carbonyl (C=O) groups is 1. The maximum atomic E-state index is 12.8. The smallest absolute Gasteiger partial charge is 0.254 e. The molecule has 0 fully saturated rings. The highest BCUT2D eigenvalue weighted by atomic mass is 16.6. The van der Waals surface area contributed by atoms with E-state index in [0.717, 1.165) is 13.1 Å². The second-order valence-corrected chi connectivity index (χ2v) is 5.66. The van der Waals surface area contributed by atoms with Gasteiger partial charge < -0.3 is 18.9 Å². The lowest BCUT2D eigenvalue weighted by atomic mass is 10.1. The molecule has 1 aromatic carbocycles. The van der Waals surface area contributed by atoms with Gasteiger partial charge in [0.2, 0.25) is 0 Å². The topological polar surface area (TPSA) is 43.7 Å². The van der Waals surface area contributed by atoms with Gasteiger partial charge in [-0.15, -0.1) is 0 Å². The van der Waals surface area contributed by atoms with Crippen LogP contribution in [0, 0.1) is 0 Å². The van der Waals surface area contributed by atoms with Crippen LogP contribution in [0.1, 0.15) is 29.0 Å². The van der Waals surface area contributed by atoms with E-state index in [-0.39, 0.29) is 11.9 Å². The lowest BCUT2D eigenvalue weighted by Crippen LogP contribution is -2.40. The fourth-order valence-electron chi connectivity index (χ4n) is 3.20. The summed E-state index contributed by atoms with van der Waals surface area (Å²) >= 11 is 0. The van der Waals surface area contributed by atoms with Gasteiger partial charge >= 0.3 is 0 Å². The lowest BCUT2D eigenvalue weighted by Gasteiger charge is -2.35. The summed E-state index contributed by atoms with van der Waals surface area (Å²) in [6.45, 7) is 4.71. The van der Waals surface area contributed by atoms with E-state index < -0.39 is 0 Å². The van der Waals surface area contributed by atoms with E-state index in [1.165, 1.54) is 5.69 Å². The Labute approximate surface area is 129 Å². The Morgan fingerprint density at radius 1 is 1.14 bits per heavy atom. The van der Waals surface area contributed by atoms with Gasteiger partial charge in [-0.1, -0.05) is 0 Å². The summed E-state index contributed by atoms with van der Waals surface area (Å²) < 4.78 is 13.3. The zero-order chi connectivity index (χ0) is 15.1. The third-order valence-corrected chi connectivity index (χ3v) is 4.39. The number of fused-ring (bicyclic) bond motifs is 2. The zero-order valence-electron chi connectivity index (χ0n) is 12.5. The number of nitrogens with zero attached hydrogens (tertiary/aromatic N) is 2. The third kappa shape index (κ3) is 2.04. The molecule has 2 aliphatic rings. The number of hydrogen-bond donors (Lipinski definition) is 0. The van der Waals surface area contributed by atoms with Crippen LogP contribution in [0.5, 0.6) is 11.5 Å². The Balaban J connectivity index is 1.62. The minimum atomic E-state index is 0.0388. The molecule has 22 heavy (non-hydrogen) atoms. The maximum absolute atomic E-state index is 12.8. The van der Waals surface area contributed by atoms with E-state index in [1.54, 1.807) is 6.07 Å². The highest BCUT2D eigenvalue weighted by Gasteiger charge is 2.28. The molecule has 0 saturated carbocycles. The Morgan fingerprint density at radius 3 is 2.82 bits per heavy atom. The Bertz CT molecular complexity index is 722. The van der Waals surface area contributed by atoms with Crippen molar-refractivity contribution in [1.82, 2.24) is 9.47 Å². The Kier molecular flexibility index (Phi) is 3.06. The molecule has 0 radical (unpaired) electrons. The van der Waals surface area contributed by atoms with Crippen molar-refractivity contribution in [2.45, 2.75) is 19.5 Å². The first-order valence-electron chi connectivity index (χ1n) is 7.60. The second-order valence-electron chi connectivity index (χ2n) is 5.66. The average Bonchev–Trinajstić information content (AvgIpc) is 3.04. The summed E-state index contributed by atoms with van der Waals surface area (Å²) in [5.74, 6) is 1.41. The van der Waals surface area contributed by atoms with E-state index >= 15 is 0 Å². The molecule has 114 valence electrons. The fraction of sp³-hybridized carbons (Fsp3) is 0.353. The molecule has 0 spiro atoms. The summed E-state index contributed by atoms with van der Waals surface area (Å²) in [7, 11) is 0. The van der Waals surface area contributed by atoms with Crippen LogP contribution in [0.2, 0.25) is 0 Å². The van der Waals surface area contributed by atoms with Crippen molar-refractivity contribution in [2.24, 2.45) is 0 Å². The van der Waals surface area contributed by atoms with Crippen LogP contribution in [0.4, 0.5) is 0 Å². The summed E-state index contributed by atoms with van der Waals surface area (Å²) in [5.41, 5.74) is 1.83. The van der Waals surface area contributed by atoms with Crippen LogP contribution >= 0.6 is 0 Å². The van der Waals surface area contributed by atoms with Gasteiger partial charge in [-0.3, -0.25) is 4.79 Å². The normalized spacial score (nSPS) is 19.7. The molecule has 0 saturated heterocycles. The van der Waals surface area contributed by atoms with Crippen LogP contribution in [0.25, 0.3) is 0 Å². The molecule has 5 nitrogen and oxygen atoms in total. The van der Waals surface area contributed by atoms with Gasteiger partial charge in [0.15, 0.2) is 11.5 Å². The van der Waals surface area contributed by atoms with Crippen molar-refractivity contribution in [1.29, 1.82) is 0 Å². The Morgan fingerprint density at radius 2 is 1.95 bits per heavy atom. The van der Waals surface area contributed by atoms with E-state index in [4.69, 9.17) is 9.47 Å². The van der Waals surface area contributed by atoms with Gasteiger partial charge in [-0.25, -0.2) is 0 Å². The number of carbonyl (C=O) groups excluding carboxylic acids is 1. The molecule has 1 amide bonds. The van der Waals surface area contributed by atoms with Crippen LogP contribution in [-0.2, 0) is 6.54 Å². The van der Waals surface area contributed by atoms with Crippen LogP contribution in [-0.4, -0.2) is 35.1 Å². The molecule has 1 unspecified atom stereocenters. The molecule has 2 aliphatic heterocycles. The Hall–Kier alpha value is -2.43. The molecule has 0 aliphatic carbocycles. The first kappa shape index (κ1) is 13.2. The van der Waals surface area contributed by atoms with Gasteiger partial charge in [0.25, 0.3) is 5.91 Å². The van der Waals surface area contributed by atoms with Crippen molar-refractivity contribution in [2.75, 3.05) is 19.8 Å². The largest absolute Gasteiger partial charge is 0.486 e. The number of benzene rings is 1. The van der Waals surface area contributed by atoms with Crippen molar-refractivity contribution in [3.05, 3.63) is 47.8 Å². The predicted octanol–water partition coefficient (Wildman–Crippen LogP) is 2.48. The molecular formula is C17H18N2O3. The van der Waals surface area contributed by atoms with Crippen molar-refractivity contribution >= 4 is 5.91 Å². The highest BCUT2D eigenvalue weighted by Crippen LogP contribution is 2.33. The first-order valence-corrected chi connectivity index (χ1v) is 7.60. The molecule has 5 heteroatoms. The highest BCUT2D eigenvalue weighted by molar-refractivity contribution is 5.95. The van der Waals surface area contributed by atoms with E-state index in [9.17, 15) is 4.79 Å². The van der Waals surface area contributed by atoms with Gasteiger partial charge in [-0.2, -0.15) is 0 Å². The number of rotatable bonds is 1. The van der Waals surface area contributed by atoms with Gasteiger partial charge in [0, 0.05) is 30.5 Å². The second kappa shape index (κ2) is 5.09. The molecule has 0 bridgehead atoms. The minimum Gasteiger partial charge on any atom is -0.486 e. The van der Waals surface area contributed by atoms with Crippen molar-refractivity contribution in [3.63, 3.8) is 0 Å². The van der Waals surface area contributed by atoms with Crippen LogP contribution in [0.3, 0.4) is 0 Å². The third-order valence-electron chi connectivity index (χ3n) is 4.39. The molecule has 4 rings (SSSR count). The summed E-state index contributed by atoms with van der Waals surface area (Å²) in [5, 5.41) is 0. The first-order chi connectivity index (χ1) is 10.7. The predicted molar refractivity (Wildman–Crippen MR) is 81.3 cm³/mol. The van der Waals surface area contributed by atoms with Crippen molar-refractivity contribution < 1.29 is 14.3 Å². The quantitative estimate of drug-likeness (QED) is 0.812. The van der Waals surface area contributed by atoms with E-state index in [0.29, 0.717) is 30.3 Å². The zero-order valence-corrected chi connectivity index (χ0v) is 12.5. The minimum absolute atomic E-state index is 0.0388. The number of hydrogen-bond acceptors (Lipinski definition) is 3. The number of amides is 1. The standard InChI is InChI=1S/C17H18N2O3/c1-12-14-3-2-6-18(14)7-8-19(12)17(20)13-4-5-15-16(11-13)22-10-9-21-15/h2-6,11-12H,7-10H2,1H3. The van der Waals surface area contributed by atoms with Gasteiger partial charge in [-0.05, 0) is 37.3 Å². The van der Waals surface area contributed by atoms with E-state index in [1.807, 2.05) is 23.1 Å². The maximum Gasteiger partial charge on any atom is 0.254 e. The number of ether oxygens (including phenoxy) is 2. The molecule has 1 aromatic heterocycles. The summed E-state index contributed by atoms with van der Waals surface area (Å²) in [4.78, 5) is 14.8. The van der Waals surface area contributed by atoms with E-state index in [2.05, 4.69) is 23.8 Å². The SMILES string of the molecule is CC1c2cccn2CCN1C(=O)c1ccc2c(c1)OCCO2. The van der Waals surface area contributed by atoms with Crippen LogP contribution in [0.15, 0.2) is 36.5 Å². The molecule has 2 aromatic rings. The average molecular weight is 298 g/mol. The van der Waals surface area contributed by atoms with Crippen LogP contribution < -0.4 is 9.47 Å². The van der Waals surface area contributed by atoms with Crippen molar-refractivity contribution in [3.8, 4) is 11.5 Å². The molecule has 1 atom stereocenters.